The second kappa shape index (κ2) is 36.9. The van der Waals surface area contributed by atoms with Gasteiger partial charge in [-0.3, -0.25) is 42.0 Å². The average molecular weight is 1810 g/mol. The number of rotatable bonds is 21. The predicted molar refractivity (Wildman–Crippen MR) is 465 cm³/mol. The highest BCUT2D eigenvalue weighted by atomic mass is 35.5. The number of nitrogens with one attached hydrogen (secondary N) is 5. The lowest BCUT2D eigenvalue weighted by Gasteiger charge is -2.30. The van der Waals surface area contributed by atoms with Crippen molar-refractivity contribution in [2.24, 2.45) is 4.99 Å². The summed E-state index contributed by atoms with van der Waals surface area (Å²) in [6.07, 6.45) is 9.28. The third-order valence-corrected chi connectivity index (χ3v) is 26.0. The van der Waals surface area contributed by atoms with Gasteiger partial charge in [0.2, 0.25) is 0 Å². The molecule has 0 radical (unpaired) electrons. The Kier molecular flexibility index (Phi) is 26.6. The van der Waals surface area contributed by atoms with Crippen LogP contribution in [0.15, 0.2) is 177 Å². The van der Waals surface area contributed by atoms with E-state index in [0.29, 0.717) is 139 Å². The molecule has 27 nitrogen and oxygen atoms in total. The van der Waals surface area contributed by atoms with Gasteiger partial charge in [0.1, 0.15) is 40.8 Å². The molecule has 4 aliphatic heterocycles. The molecule has 0 aliphatic carbocycles. The summed E-state index contributed by atoms with van der Waals surface area (Å²) in [4.78, 5) is 149. The minimum atomic E-state index is -2.50. The maximum absolute atomic E-state index is 13.3. The van der Waals surface area contributed by atoms with Gasteiger partial charge in [0.25, 0.3) is 41.4 Å². The summed E-state index contributed by atoms with van der Waals surface area (Å²) in [6.45, 7) is 1.45. The van der Waals surface area contributed by atoms with Crippen molar-refractivity contribution in [2.45, 2.75) is 86.1 Å². The highest BCUT2D eigenvalue weighted by Crippen LogP contribution is 2.40. The molecule has 0 spiro atoms. The fourth-order valence-corrected chi connectivity index (χ4v) is 18.7. The Hall–Kier alpha value is -11.5. The number of carboxylic acid groups (broad SMARTS) is 3. The molecule has 0 bridgehead atoms. The molecule has 0 saturated heterocycles. The first-order valence-corrected chi connectivity index (χ1v) is 44.5. The van der Waals surface area contributed by atoms with Crippen LogP contribution >= 0.6 is 80.9 Å². The molecule has 36 heteroatoms. The van der Waals surface area contributed by atoms with E-state index in [1.807, 2.05) is 24.3 Å². The number of H-pyrrole nitrogens is 1. The molecule has 11 aromatic rings. The third-order valence-electron chi connectivity index (χ3n) is 20.5. The average Bonchev–Trinajstić information content (AvgIpc) is 1.50. The fourth-order valence-electron chi connectivity index (χ4n) is 14.3. The van der Waals surface area contributed by atoms with Gasteiger partial charge in [-0.2, -0.15) is 0 Å². The number of aromatic amines is 1. The zero-order valence-electron chi connectivity index (χ0n) is 64.2. The summed E-state index contributed by atoms with van der Waals surface area (Å²) in [5, 5.41) is 43.1. The molecule has 0 fully saturated rings. The van der Waals surface area contributed by atoms with Gasteiger partial charge in [-0.15, -0.1) is 11.3 Å². The van der Waals surface area contributed by atoms with Gasteiger partial charge in [0.05, 0.1) is 58.0 Å². The monoisotopic (exact) mass is 1810 g/mol. The van der Waals surface area contributed by atoms with E-state index >= 15 is 0 Å². The Morgan fingerprint density at radius 1 is 0.529 bits per heavy atom. The van der Waals surface area contributed by atoms with E-state index in [4.69, 9.17) is 74.0 Å². The number of benzene rings is 6. The quantitative estimate of drug-likeness (QED) is 0.0310. The number of carbonyl (C=O) groups is 10. The highest BCUT2D eigenvalue weighted by molar-refractivity contribution is 8.00. The van der Waals surface area contributed by atoms with Crippen LogP contribution in [0.4, 0.5) is 5.82 Å². The van der Waals surface area contributed by atoms with E-state index in [2.05, 4.69) is 53.0 Å². The first-order chi connectivity index (χ1) is 57.6. The highest BCUT2D eigenvalue weighted by Gasteiger charge is 2.36. The summed E-state index contributed by atoms with van der Waals surface area (Å²) in [5.41, 5.74) is 8.60. The number of pyridine rings is 2. The molecule has 8 N–H and O–H groups in total. The molecule has 0 saturated carbocycles. The van der Waals surface area contributed by atoms with Gasteiger partial charge in [0, 0.05) is 122 Å². The van der Waals surface area contributed by atoms with Crippen molar-refractivity contribution in [3.8, 4) is 0 Å². The lowest BCUT2D eigenvalue weighted by molar-refractivity contribution is -0.140. The second-order valence-corrected chi connectivity index (χ2v) is 37.3. The zero-order valence-corrected chi connectivity index (χ0v) is 71.2. The van der Waals surface area contributed by atoms with Crippen LogP contribution in [0.3, 0.4) is 0 Å². The van der Waals surface area contributed by atoms with E-state index < -0.39 is 78.7 Å². The number of halogens is 6. The molecular weight excluding hydrogens is 1740 g/mol. The maximum atomic E-state index is 13.3. The summed E-state index contributed by atoms with van der Waals surface area (Å²) >= 11 is 40.6. The van der Waals surface area contributed by atoms with Crippen molar-refractivity contribution in [2.75, 3.05) is 38.7 Å². The van der Waals surface area contributed by atoms with Crippen molar-refractivity contribution in [3.63, 3.8) is 0 Å². The van der Waals surface area contributed by atoms with E-state index in [0.717, 1.165) is 16.3 Å². The molecule has 624 valence electrons. The smallest absolute Gasteiger partial charge is 0.328 e. The number of hydrogen-bond acceptors (Lipinski definition) is 17. The molecule has 9 heterocycles. The molecule has 121 heavy (non-hydrogen) atoms. The SMILES string of the molecule is C=S(C)(=O)c1cccc(C[C@H](NC(=O)c2c(Cl)cc3c(c2Cl)CCN(C(=O)C2=Nc4ncccc4C2)C3)C(=O)O)c1.C=S(C)(=O)c1cccc(C[C@H](NC(=O)c2c(Cl)cc3c(c2Cl)CCN(C(=O)c2ccc4ccoc4c2)C3)C(=O)O)c1.O=C(NC[C@H](NC(=O)c1c(Cl)cc2c(c1Cl)CCN(C(=O)c1cc3cccnc3[nH]1)C2)C(=O)O)c1cccs1. The molecule has 5 aromatic heterocycles. The summed E-state index contributed by atoms with van der Waals surface area (Å²) < 4.78 is 30.1. The Balaban J connectivity index is 0.000000157. The summed E-state index contributed by atoms with van der Waals surface area (Å²) in [7, 11) is -5.00. The Bertz CT molecular complexity index is 6330. The van der Waals surface area contributed by atoms with Gasteiger partial charge in [-0.05, 0) is 191 Å². The van der Waals surface area contributed by atoms with Crippen LogP contribution in [0.2, 0.25) is 30.1 Å². The maximum Gasteiger partial charge on any atom is 0.328 e. The van der Waals surface area contributed by atoms with Crippen molar-refractivity contribution >= 4 is 205 Å². The molecule has 4 aliphatic rings. The first kappa shape index (κ1) is 87.4. The van der Waals surface area contributed by atoms with Crippen molar-refractivity contribution < 1.29 is 76.1 Å². The van der Waals surface area contributed by atoms with Gasteiger partial charge >= 0.3 is 17.9 Å². The molecule has 7 amide bonds. The van der Waals surface area contributed by atoms with Crippen LogP contribution in [0.1, 0.15) is 112 Å². The Morgan fingerprint density at radius 2 is 1.02 bits per heavy atom. The van der Waals surface area contributed by atoms with Gasteiger partial charge in [0.15, 0.2) is 5.82 Å². The molecule has 2 unspecified atom stereocenters. The van der Waals surface area contributed by atoms with Gasteiger partial charge < -0.3 is 60.7 Å². The lowest BCUT2D eigenvalue weighted by atomic mass is 9.95. The van der Waals surface area contributed by atoms with Crippen LogP contribution in [0, 0.1) is 0 Å². The van der Waals surface area contributed by atoms with E-state index in [1.165, 1.54) is 23.8 Å². The normalized spacial score (nSPS) is 15.0. The molecular formula is C85H73Cl6N11O16S3. The van der Waals surface area contributed by atoms with Crippen LogP contribution in [-0.4, -0.2) is 187 Å². The number of thiophene rings is 1. The number of aromatic nitrogens is 3. The van der Waals surface area contributed by atoms with Crippen molar-refractivity contribution in [1.82, 2.24) is 50.9 Å². The second-order valence-electron chi connectivity index (χ2n) is 29.0. The number of hydrogen-bond donors (Lipinski definition) is 8. The van der Waals surface area contributed by atoms with Gasteiger partial charge in [-0.25, -0.2) is 29.3 Å². The van der Waals surface area contributed by atoms with Crippen LogP contribution in [0.5, 0.6) is 0 Å². The van der Waals surface area contributed by atoms with Gasteiger partial charge in [-0.1, -0.05) is 112 Å². The van der Waals surface area contributed by atoms with E-state index in [1.54, 1.807) is 148 Å². The van der Waals surface area contributed by atoms with E-state index in [9.17, 15) is 71.7 Å². The Morgan fingerprint density at radius 3 is 1.50 bits per heavy atom. The zero-order chi connectivity index (χ0) is 86.6. The predicted octanol–water partition coefficient (Wildman–Crippen LogP) is 12.5. The topological polar surface area (TPSA) is 390 Å². The van der Waals surface area contributed by atoms with Crippen molar-refractivity contribution in [3.05, 3.63) is 271 Å². The molecule has 5 atom stereocenters. The lowest BCUT2D eigenvalue weighted by Crippen LogP contribution is -2.48. The Labute approximate surface area is 726 Å². The molecule has 6 aromatic carbocycles. The number of amides is 7. The van der Waals surface area contributed by atoms with Crippen LogP contribution in [0.25, 0.3) is 22.0 Å². The van der Waals surface area contributed by atoms with Crippen LogP contribution in [-0.2, 0) is 96.4 Å². The number of carboxylic acids is 3. The number of carbonyl (C=O) groups excluding carboxylic acids is 7. The van der Waals surface area contributed by atoms with Crippen molar-refractivity contribution in [1.29, 1.82) is 0 Å². The minimum Gasteiger partial charge on any atom is -0.480 e. The fraction of sp³-hybridized carbons (Fsp3) is 0.212. The number of furan rings is 1. The first-order valence-electron chi connectivity index (χ1n) is 37.1. The number of aliphatic imine (C=N–C) groups is 1. The van der Waals surface area contributed by atoms with Crippen LogP contribution < -0.4 is 21.3 Å². The largest absolute Gasteiger partial charge is 0.480 e. The summed E-state index contributed by atoms with van der Waals surface area (Å²) in [5.74, 6) is 0.785. The number of nitrogens with zero attached hydrogens (tertiary/aromatic N) is 6. The summed E-state index contributed by atoms with van der Waals surface area (Å²) in [6, 6.07) is 33.5. The third kappa shape index (κ3) is 19.9. The molecule has 15 rings (SSSR count). The number of fused-ring (bicyclic) bond motifs is 6. The minimum absolute atomic E-state index is 0.0205. The van der Waals surface area contributed by atoms with E-state index in [-0.39, 0.29) is 104 Å². The number of aliphatic carboxylic acids is 3. The standard InChI is InChI=1S/C30H26Cl2N2O6S.C29H26Cl2N4O5S.C26H21Cl2N5O5S/c1-41(2,39)21-5-3-4-17(12-21)13-24(30(37)38)33-28(35)26-23(31)14-20-16-34(10-8-22(20)27(26)32)29(36)19-7-6-18-9-11-40-25(18)15-19;1-41(2,40)19-7-3-5-16(11-19)12-23(29(38)39)34-27(36)24-21(30)13-18-15-35(10-8-20(18)25(24)31)28(37)22-14-17-6-4-9-32-26(17)33-22;27-16-9-14-12-33(25(36)17-10-13-3-1-6-29-22(13)31-17)7-5-15(14)21(28)20(16)24(35)32-18(26(37)38)11-30-23(34)19-4-2-8-39-19/h3-7,9,11-12,14-15,24H,1,8,10,13,16H2,2H3,(H,33,35)(H,37,38);3-7,9,11,13,23H,1,8,10,12,14-15H2,2H3,(H,34,36)(H,38,39);1-4,6,8-10,18H,5,7,11-12H2,(H,29,31)(H,30,34)(H,32,35)(H,37,38)/t24-,41?;23-,41?;18-/m000/s1.